The molecular weight excluding hydrogens is 310 g/mol. The molecule has 3 amide bonds. The fourth-order valence-electron chi connectivity index (χ4n) is 3.20. The Balaban J connectivity index is 1.52. The number of para-hydroxylation sites is 1. The summed E-state index contributed by atoms with van der Waals surface area (Å²) in [6.07, 6.45) is -0.0664. The first-order valence-corrected chi connectivity index (χ1v) is 7.77. The van der Waals surface area contributed by atoms with Crippen molar-refractivity contribution in [1.82, 2.24) is 14.8 Å². The minimum absolute atomic E-state index is 0.191. The molecule has 7 heteroatoms. The molecule has 0 bridgehead atoms. The van der Waals surface area contributed by atoms with E-state index in [2.05, 4.69) is 4.98 Å². The van der Waals surface area contributed by atoms with Crippen molar-refractivity contribution in [1.29, 1.82) is 0 Å². The minimum Gasteiger partial charge on any atom is -0.439 e. The van der Waals surface area contributed by atoms with Gasteiger partial charge in [-0.1, -0.05) is 24.3 Å². The molecule has 0 spiro atoms. The Labute approximate surface area is 137 Å². The molecular formula is C17H15N3O4. The van der Waals surface area contributed by atoms with Crippen molar-refractivity contribution in [3.8, 4) is 0 Å². The van der Waals surface area contributed by atoms with E-state index in [1.807, 2.05) is 30.3 Å². The Hall–Kier alpha value is -2.96. The van der Waals surface area contributed by atoms with E-state index in [0.29, 0.717) is 25.2 Å². The molecule has 0 N–H and O–H groups in total. The van der Waals surface area contributed by atoms with Crippen LogP contribution in [0, 0.1) is 0 Å². The van der Waals surface area contributed by atoms with Crippen molar-refractivity contribution in [2.24, 2.45) is 0 Å². The highest BCUT2D eigenvalue weighted by molar-refractivity contribution is 5.99. The Morgan fingerprint density at radius 1 is 1.17 bits per heavy atom. The first-order chi connectivity index (χ1) is 11.6. The average Bonchev–Trinajstić information content (AvgIpc) is 3.20. The second-order valence-corrected chi connectivity index (χ2v) is 5.90. The largest absolute Gasteiger partial charge is 0.439 e. The summed E-state index contributed by atoms with van der Waals surface area (Å²) in [6, 6.07) is 10.8. The summed E-state index contributed by atoms with van der Waals surface area (Å²) in [4.78, 5) is 43.2. The van der Waals surface area contributed by atoms with Gasteiger partial charge in [0.05, 0.1) is 11.6 Å². The van der Waals surface area contributed by atoms with Gasteiger partial charge in [0.15, 0.2) is 6.61 Å². The van der Waals surface area contributed by atoms with E-state index in [0.717, 1.165) is 15.8 Å². The van der Waals surface area contributed by atoms with E-state index in [4.69, 9.17) is 4.74 Å². The fourth-order valence-corrected chi connectivity index (χ4v) is 3.20. The van der Waals surface area contributed by atoms with Gasteiger partial charge in [0.1, 0.15) is 5.69 Å². The first kappa shape index (κ1) is 14.6. The number of pyridine rings is 1. The number of likely N-dealkylation sites (tertiary alicyclic amines) is 1. The smallest absolute Gasteiger partial charge is 0.417 e. The van der Waals surface area contributed by atoms with Crippen LogP contribution in [0.4, 0.5) is 4.79 Å². The van der Waals surface area contributed by atoms with E-state index in [9.17, 15) is 14.4 Å². The third kappa shape index (κ3) is 2.38. The van der Waals surface area contributed by atoms with Gasteiger partial charge in [0.25, 0.3) is 11.8 Å². The normalized spacial score (nSPS) is 20.8. The van der Waals surface area contributed by atoms with Crippen molar-refractivity contribution in [2.75, 3.05) is 19.7 Å². The number of hydrogen-bond donors (Lipinski definition) is 0. The fraction of sp³-hybridized carbons (Fsp3) is 0.294. The van der Waals surface area contributed by atoms with Crippen LogP contribution in [0.15, 0.2) is 36.4 Å². The molecule has 0 saturated carbocycles. The molecule has 2 aromatic rings. The van der Waals surface area contributed by atoms with Crippen LogP contribution in [0.25, 0.3) is 10.9 Å². The molecule has 7 nitrogen and oxygen atoms in total. The second-order valence-electron chi connectivity index (χ2n) is 5.90. The molecule has 1 aromatic heterocycles. The molecule has 2 saturated heterocycles. The van der Waals surface area contributed by atoms with Gasteiger partial charge in [-0.05, 0) is 18.6 Å². The van der Waals surface area contributed by atoms with Gasteiger partial charge < -0.3 is 9.64 Å². The lowest BCUT2D eigenvalue weighted by atomic mass is 10.2. The predicted molar refractivity (Wildman–Crippen MR) is 84.2 cm³/mol. The number of fused-ring (bicyclic) bond motifs is 1. The molecule has 1 aromatic carbocycles. The van der Waals surface area contributed by atoms with E-state index in [1.54, 1.807) is 11.0 Å². The van der Waals surface area contributed by atoms with Gasteiger partial charge in [-0.2, -0.15) is 0 Å². The zero-order chi connectivity index (χ0) is 16.7. The molecule has 0 radical (unpaired) electrons. The number of aromatic nitrogens is 1. The van der Waals surface area contributed by atoms with E-state index < -0.39 is 6.09 Å². The lowest BCUT2D eigenvalue weighted by Gasteiger charge is -2.20. The van der Waals surface area contributed by atoms with E-state index in [-0.39, 0.29) is 24.5 Å². The van der Waals surface area contributed by atoms with Gasteiger partial charge in [-0.25, -0.2) is 14.7 Å². The van der Waals surface area contributed by atoms with Gasteiger partial charge in [-0.3, -0.25) is 9.59 Å². The highest BCUT2D eigenvalue weighted by Crippen LogP contribution is 2.22. The molecule has 1 atom stereocenters. The second kappa shape index (κ2) is 5.59. The Morgan fingerprint density at radius 3 is 2.79 bits per heavy atom. The van der Waals surface area contributed by atoms with Crippen molar-refractivity contribution in [2.45, 2.75) is 12.5 Å². The minimum atomic E-state index is -0.622. The Kier molecular flexibility index (Phi) is 3.41. The van der Waals surface area contributed by atoms with Gasteiger partial charge in [0.2, 0.25) is 0 Å². The van der Waals surface area contributed by atoms with E-state index >= 15 is 0 Å². The lowest BCUT2D eigenvalue weighted by Crippen LogP contribution is -2.42. The molecule has 0 aliphatic carbocycles. The van der Waals surface area contributed by atoms with Crippen LogP contribution in [0.1, 0.15) is 16.9 Å². The number of carbonyl (C=O) groups excluding carboxylic acids is 3. The molecule has 24 heavy (non-hydrogen) atoms. The third-order valence-corrected chi connectivity index (χ3v) is 4.42. The predicted octanol–water partition coefficient (Wildman–Crippen LogP) is 1.43. The number of ether oxygens (including phenoxy) is 1. The van der Waals surface area contributed by atoms with Gasteiger partial charge in [0, 0.05) is 18.5 Å². The summed E-state index contributed by atoms with van der Waals surface area (Å²) in [6.45, 7) is 0.582. The number of hydrogen-bond acceptors (Lipinski definition) is 5. The van der Waals surface area contributed by atoms with Crippen LogP contribution in [0.3, 0.4) is 0 Å². The third-order valence-electron chi connectivity index (χ3n) is 4.42. The Morgan fingerprint density at radius 2 is 2.00 bits per heavy atom. The highest BCUT2D eigenvalue weighted by Gasteiger charge is 2.41. The van der Waals surface area contributed by atoms with Crippen LogP contribution in [-0.2, 0) is 9.53 Å². The quantitative estimate of drug-likeness (QED) is 0.834. The maximum Gasteiger partial charge on any atom is 0.417 e. The van der Waals surface area contributed by atoms with Crippen molar-refractivity contribution < 1.29 is 19.1 Å². The maximum absolute atomic E-state index is 12.7. The molecule has 3 heterocycles. The summed E-state index contributed by atoms with van der Waals surface area (Å²) in [7, 11) is 0. The number of nitrogens with zero attached hydrogens (tertiary/aromatic N) is 3. The van der Waals surface area contributed by atoms with E-state index in [1.165, 1.54) is 0 Å². The summed E-state index contributed by atoms with van der Waals surface area (Å²) in [5.41, 5.74) is 1.13. The Bertz CT molecular complexity index is 835. The summed E-state index contributed by atoms with van der Waals surface area (Å²) < 4.78 is 4.74. The zero-order valence-electron chi connectivity index (χ0n) is 12.8. The number of rotatable bonds is 2. The monoisotopic (exact) mass is 325 g/mol. The van der Waals surface area contributed by atoms with Gasteiger partial charge >= 0.3 is 6.09 Å². The van der Waals surface area contributed by atoms with Crippen LogP contribution < -0.4 is 0 Å². The van der Waals surface area contributed by atoms with Crippen LogP contribution in [-0.4, -0.2) is 58.4 Å². The van der Waals surface area contributed by atoms with Crippen molar-refractivity contribution in [3.63, 3.8) is 0 Å². The zero-order valence-corrected chi connectivity index (χ0v) is 12.8. The van der Waals surface area contributed by atoms with Crippen LogP contribution in [0.5, 0.6) is 0 Å². The molecule has 2 fully saturated rings. The number of carbonyl (C=O) groups is 3. The topological polar surface area (TPSA) is 79.8 Å². The average molecular weight is 325 g/mol. The van der Waals surface area contributed by atoms with Gasteiger partial charge in [-0.15, -0.1) is 0 Å². The maximum atomic E-state index is 12.7. The molecule has 2 aliphatic rings. The van der Waals surface area contributed by atoms with Crippen molar-refractivity contribution in [3.05, 3.63) is 42.1 Å². The first-order valence-electron chi connectivity index (χ1n) is 7.77. The highest BCUT2D eigenvalue weighted by atomic mass is 16.6. The number of benzene rings is 1. The van der Waals surface area contributed by atoms with Crippen LogP contribution in [0.2, 0.25) is 0 Å². The number of cyclic esters (lactones) is 1. The lowest BCUT2D eigenvalue weighted by molar-refractivity contribution is -0.127. The molecule has 122 valence electrons. The summed E-state index contributed by atoms with van der Waals surface area (Å²) >= 11 is 0. The van der Waals surface area contributed by atoms with Crippen molar-refractivity contribution >= 4 is 28.8 Å². The van der Waals surface area contributed by atoms with Crippen LogP contribution >= 0.6 is 0 Å². The number of imide groups is 1. The molecule has 2 aliphatic heterocycles. The molecule has 1 unspecified atom stereocenters. The number of amides is 3. The SMILES string of the molecule is O=C(c1ccc2ccccc2n1)N1CCC(N2C(=O)COC2=O)C1. The standard InChI is InChI=1S/C17H15N3O4/c21-15-10-24-17(23)20(15)12-7-8-19(9-12)16(22)14-6-5-11-3-1-2-4-13(11)18-14/h1-6,12H,7-10H2. The molecule has 4 rings (SSSR count). The summed E-state index contributed by atoms with van der Waals surface area (Å²) in [5.74, 6) is -0.536. The summed E-state index contributed by atoms with van der Waals surface area (Å²) in [5, 5.41) is 0.971.